The van der Waals surface area contributed by atoms with Gasteiger partial charge < -0.3 is 19.9 Å². The molecule has 0 saturated heterocycles. The van der Waals surface area contributed by atoms with E-state index in [0.29, 0.717) is 66.8 Å². The van der Waals surface area contributed by atoms with Crippen LogP contribution in [0.15, 0.2) is 59.9 Å². The van der Waals surface area contributed by atoms with Crippen molar-refractivity contribution in [2.75, 3.05) is 19.7 Å². The Hall–Kier alpha value is -2.84. The highest BCUT2D eigenvalue weighted by molar-refractivity contribution is 5.84. The van der Waals surface area contributed by atoms with Crippen LogP contribution in [0.2, 0.25) is 0 Å². The van der Waals surface area contributed by atoms with Crippen LogP contribution in [-0.4, -0.2) is 42.7 Å². The summed E-state index contributed by atoms with van der Waals surface area (Å²) in [5, 5.41) is 13.8. The number of aliphatic hydroxyl groups excluding tert-OH is 1. The molecule has 0 spiro atoms. The van der Waals surface area contributed by atoms with Gasteiger partial charge in [0.25, 0.3) is 0 Å². The number of nitrogens with one attached hydrogen (secondary N) is 1. The van der Waals surface area contributed by atoms with Crippen molar-refractivity contribution < 1.29 is 32.1 Å². The maximum atomic E-state index is 15.2. The lowest BCUT2D eigenvalue weighted by molar-refractivity contribution is -0.0879. The summed E-state index contributed by atoms with van der Waals surface area (Å²) < 4.78 is 65.2. The number of halogens is 4. The van der Waals surface area contributed by atoms with E-state index in [2.05, 4.69) is 25.1 Å². The molecular formula is C32H43F4NO3. The molecule has 0 aromatic heterocycles. The Morgan fingerprint density at radius 1 is 1.20 bits per heavy atom. The Morgan fingerprint density at radius 2 is 1.85 bits per heavy atom. The fraction of sp³-hybridized carbons (Fsp3) is 0.500. The molecule has 2 rings (SSSR count). The van der Waals surface area contributed by atoms with E-state index in [-0.39, 0.29) is 11.5 Å². The number of fused-ring (bicyclic) bond motifs is 1. The average molecular weight is 566 g/mol. The van der Waals surface area contributed by atoms with E-state index in [0.717, 1.165) is 23.6 Å². The second kappa shape index (κ2) is 13.7. The summed E-state index contributed by atoms with van der Waals surface area (Å²) in [5.41, 5.74) is 3.38. The predicted octanol–water partition coefficient (Wildman–Crippen LogP) is 8.48. The zero-order valence-electron chi connectivity index (χ0n) is 24.6. The van der Waals surface area contributed by atoms with Crippen molar-refractivity contribution in [1.29, 1.82) is 0 Å². The molecule has 0 bridgehead atoms. The molecule has 0 aliphatic carbocycles. The highest BCUT2D eigenvalue weighted by atomic mass is 19.4. The molecule has 0 amide bonds. The van der Waals surface area contributed by atoms with Gasteiger partial charge in [-0.1, -0.05) is 31.4 Å². The zero-order chi connectivity index (χ0) is 30.4. The van der Waals surface area contributed by atoms with Crippen LogP contribution in [-0.2, 0) is 11.2 Å². The van der Waals surface area contributed by atoms with E-state index in [4.69, 9.17) is 9.47 Å². The zero-order valence-corrected chi connectivity index (χ0v) is 24.6. The van der Waals surface area contributed by atoms with E-state index in [9.17, 15) is 18.3 Å². The van der Waals surface area contributed by atoms with Gasteiger partial charge in [0.1, 0.15) is 11.9 Å². The van der Waals surface area contributed by atoms with Crippen LogP contribution in [0, 0.1) is 12.7 Å². The summed E-state index contributed by atoms with van der Waals surface area (Å²) >= 11 is 0. The van der Waals surface area contributed by atoms with Crippen molar-refractivity contribution in [1.82, 2.24) is 5.32 Å². The molecule has 0 radical (unpaired) electrons. The molecule has 1 aliphatic heterocycles. The molecule has 1 atom stereocenters. The molecule has 0 saturated carbocycles. The average Bonchev–Trinajstić information content (AvgIpc) is 2.84. The minimum absolute atomic E-state index is 0.173. The molecule has 1 heterocycles. The van der Waals surface area contributed by atoms with Gasteiger partial charge in [0.2, 0.25) is 0 Å². The summed E-state index contributed by atoms with van der Waals surface area (Å²) in [7, 11) is 0. The van der Waals surface area contributed by atoms with E-state index in [1.165, 1.54) is 6.07 Å². The summed E-state index contributed by atoms with van der Waals surface area (Å²) in [6.45, 7) is 23.4. The van der Waals surface area contributed by atoms with Gasteiger partial charge in [-0.3, -0.25) is 0 Å². The Labute approximate surface area is 236 Å². The summed E-state index contributed by atoms with van der Waals surface area (Å²) in [6.07, 6.45) is -1.68. The first-order valence-electron chi connectivity index (χ1n) is 13.5. The molecule has 4 nitrogen and oxygen atoms in total. The lowest BCUT2D eigenvalue weighted by atomic mass is 9.85. The van der Waals surface area contributed by atoms with Crippen LogP contribution in [0.3, 0.4) is 0 Å². The van der Waals surface area contributed by atoms with Gasteiger partial charge in [0.05, 0.1) is 12.2 Å². The lowest BCUT2D eigenvalue weighted by Crippen LogP contribution is -2.30. The van der Waals surface area contributed by atoms with Crippen LogP contribution in [0.1, 0.15) is 70.6 Å². The number of hydrogen-bond donors (Lipinski definition) is 2. The molecular weight excluding hydrogens is 522 g/mol. The van der Waals surface area contributed by atoms with Crippen molar-refractivity contribution in [3.05, 3.63) is 82.4 Å². The molecule has 8 heteroatoms. The van der Waals surface area contributed by atoms with Crippen molar-refractivity contribution in [2.24, 2.45) is 0 Å². The molecule has 0 fully saturated rings. The van der Waals surface area contributed by atoms with E-state index in [1.54, 1.807) is 6.92 Å². The Morgan fingerprint density at radius 3 is 2.42 bits per heavy atom. The summed E-state index contributed by atoms with van der Waals surface area (Å²) in [4.78, 5) is 0. The molecule has 1 aliphatic rings. The number of ether oxygens (including phenoxy) is 2. The largest absolute Gasteiger partial charge is 0.510 e. The lowest BCUT2D eigenvalue weighted by Gasteiger charge is -2.30. The molecule has 0 unspecified atom stereocenters. The quantitative estimate of drug-likeness (QED) is 0.116. The van der Waals surface area contributed by atoms with Gasteiger partial charge in [-0.25, -0.2) is 4.39 Å². The van der Waals surface area contributed by atoms with Gasteiger partial charge in [-0.05, 0) is 108 Å². The van der Waals surface area contributed by atoms with Gasteiger partial charge in [-0.15, -0.1) is 0 Å². The van der Waals surface area contributed by atoms with Gasteiger partial charge in [0, 0.05) is 17.7 Å². The fourth-order valence-electron chi connectivity index (χ4n) is 4.76. The third-order valence-corrected chi connectivity index (χ3v) is 6.67. The smallest absolute Gasteiger partial charge is 0.415 e. The summed E-state index contributed by atoms with van der Waals surface area (Å²) in [6, 6.07) is 1.44. The van der Waals surface area contributed by atoms with Gasteiger partial charge in [-0.2, -0.15) is 13.2 Å². The normalized spacial score (nSPS) is 15.6. The topological polar surface area (TPSA) is 50.7 Å². The van der Waals surface area contributed by atoms with E-state index < -0.39 is 29.3 Å². The van der Waals surface area contributed by atoms with Crippen LogP contribution < -0.4 is 10.1 Å². The Balaban J connectivity index is 2.35. The first-order valence-corrected chi connectivity index (χ1v) is 13.5. The highest BCUT2D eigenvalue weighted by Crippen LogP contribution is 2.39. The number of benzene rings is 1. The summed E-state index contributed by atoms with van der Waals surface area (Å²) in [5.74, 6) is -0.355. The third kappa shape index (κ3) is 9.10. The predicted molar refractivity (Wildman–Crippen MR) is 154 cm³/mol. The second-order valence-corrected chi connectivity index (χ2v) is 11.3. The first kappa shape index (κ1) is 33.4. The Kier molecular flexibility index (Phi) is 11.4. The SMILES string of the molecule is C=C(CNCCC/C(C)=C/C(=C)C(F)(F)F)/C(=C(\C)[C@H](OC(C)(C)C)C(=C)O)c1cc(F)c2c(c1C)CCCO2. The van der Waals surface area contributed by atoms with Crippen molar-refractivity contribution in [2.45, 2.75) is 85.1 Å². The molecule has 2 N–H and O–H groups in total. The molecule has 1 aromatic rings. The van der Waals surface area contributed by atoms with Crippen molar-refractivity contribution in [3.8, 4) is 5.75 Å². The molecule has 222 valence electrons. The van der Waals surface area contributed by atoms with Gasteiger partial charge in [0.15, 0.2) is 11.6 Å². The third-order valence-electron chi connectivity index (χ3n) is 6.67. The minimum Gasteiger partial charge on any atom is -0.510 e. The number of allylic oxidation sites excluding steroid dienone is 3. The van der Waals surface area contributed by atoms with Crippen molar-refractivity contribution in [3.63, 3.8) is 0 Å². The maximum Gasteiger partial charge on any atom is 0.415 e. The van der Waals surface area contributed by atoms with Crippen LogP contribution in [0.4, 0.5) is 17.6 Å². The van der Waals surface area contributed by atoms with Crippen LogP contribution in [0.5, 0.6) is 5.75 Å². The van der Waals surface area contributed by atoms with E-state index >= 15 is 4.39 Å². The number of hydrogen-bond acceptors (Lipinski definition) is 4. The fourth-order valence-corrected chi connectivity index (χ4v) is 4.76. The number of alkyl halides is 3. The maximum absolute atomic E-state index is 15.2. The number of rotatable bonds is 12. The van der Waals surface area contributed by atoms with Crippen molar-refractivity contribution >= 4 is 5.57 Å². The monoisotopic (exact) mass is 565 g/mol. The first-order chi connectivity index (χ1) is 18.4. The highest BCUT2D eigenvalue weighted by Gasteiger charge is 2.30. The minimum atomic E-state index is -4.44. The standard InChI is InChI=1S/C32H43F4NO3/c1-19(16-21(3)32(34,35)36)12-10-14-37-18-20(2)28(23(5)29(24(6)38)40-31(7,8)9)26-17-27(33)30-25(22(26)4)13-11-15-39-30/h16-17,29,37-38H,2-3,6,10-15,18H2,1,4-5,7-9H3/b19-16+,28-23-/t29-/m0/s1. The van der Waals surface area contributed by atoms with Crippen LogP contribution in [0.25, 0.3) is 5.57 Å². The molecule has 40 heavy (non-hydrogen) atoms. The Bertz CT molecular complexity index is 1190. The second-order valence-electron chi connectivity index (χ2n) is 11.3. The number of aliphatic hydroxyl groups is 1. The van der Waals surface area contributed by atoms with Crippen LogP contribution >= 0.6 is 0 Å². The van der Waals surface area contributed by atoms with Gasteiger partial charge >= 0.3 is 6.18 Å². The van der Waals surface area contributed by atoms with E-state index in [1.807, 2.05) is 34.6 Å². The molecule has 1 aromatic carbocycles.